The predicted octanol–water partition coefficient (Wildman–Crippen LogP) is 4.06. The number of rotatable bonds is 6. The van der Waals surface area contributed by atoms with Gasteiger partial charge < -0.3 is 14.8 Å². The zero-order valence-corrected chi connectivity index (χ0v) is 18.6. The SMILES string of the molecule is Cc1ccc(NS(=O)(=O)c2cccc(C(=O)N[C@@H](C)c3ccc4c(c3)OCCO4)c2)cc1. The van der Waals surface area contributed by atoms with Gasteiger partial charge in [0.05, 0.1) is 10.9 Å². The number of aryl methyl sites for hydroxylation is 1. The van der Waals surface area contributed by atoms with Gasteiger partial charge in [-0.25, -0.2) is 8.42 Å². The highest BCUT2D eigenvalue weighted by Crippen LogP contribution is 2.32. The summed E-state index contributed by atoms with van der Waals surface area (Å²) in [6.45, 7) is 4.76. The molecule has 3 aromatic rings. The number of hydrogen-bond acceptors (Lipinski definition) is 5. The molecule has 0 saturated heterocycles. The second-order valence-electron chi connectivity index (χ2n) is 7.60. The maximum absolute atomic E-state index is 12.8. The molecule has 4 rings (SSSR count). The summed E-state index contributed by atoms with van der Waals surface area (Å²) in [7, 11) is -3.83. The van der Waals surface area contributed by atoms with E-state index >= 15 is 0 Å². The van der Waals surface area contributed by atoms with E-state index in [4.69, 9.17) is 9.47 Å². The van der Waals surface area contributed by atoms with Gasteiger partial charge in [0, 0.05) is 11.3 Å². The largest absolute Gasteiger partial charge is 0.486 e. The van der Waals surface area contributed by atoms with Crippen LogP contribution in [0.5, 0.6) is 11.5 Å². The Bertz CT molecular complexity index is 1240. The molecule has 2 N–H and O–H groups in total. The van der Waals surface area contributed by atoms with Gasteiger partial charge >= 0.3 is 0 Å². The van der Waals surface area contributed by atoms with Crippen LogP contribution >= 0.6 is 0 Å². The van der Waals surface area contributed by atoms with E-state index in [9.17, 15) is 13.2 Å². The topological polar surface area (TPSA) is 93.7 Å². The Morgan fingerprint density at radius 1 is 0.938 bits per heavy atom. The molecule has 7 nitrogen and oxygen atoms in total. The zero-order chi connectivity index (χ0) is 22.7. The first kappa shape index (κ1) is 21.7. The van der Waals surface area contributed by atoms with Gasteiger partial charge in [0.15, 0.2) is 11.5 Å². The first-order chi connectivity index (χ1) is 15.3. The molecule has 166 valence electrons. The Morgan fingerprint density at radius 3 is 2.41 bits per heavy atom. The van der Waals surface area contributed by atoms with Crippen LogP contribution in [0.2, 0.25) is 0 Å². The van der Waals surface area contributed by atoms with E-state index in [1.54, 1.807) is 24.3 Å². The first-order valence-electron chi connectivity index (χ1n) is 10.2. The van der Waals surface area contributed by atoms with Gasteiger partial charge in [-0.2, -0.15) is 0 Å². The molecule has 1 heterocycles. The fourth-order valence-corrected chi connectivity index (χ4v) is 4.44. The third kappa shape index (κ3) is 4.86. The molecule has 0 fully saturated rings. The van der Waals surface area contributed by atoms with Crippen molar-refractivity contribution in [2.45, 2.75) is 24.8 Å². The van der Waals surface area contributed by atoms with Crippen molar-refractivity contribution in [2.24, 2.45) is 0 Å². The van der Waals surface area contributed by atoms with Gasteiger partial charge in [-0.15, -0.1) is 0 Å². The van der Waals surface area contributed by atoms with E-state index in [0.29, 0.717) is 30.4 Å². The molecule has 1 amide bonds. The number of anilines is 1. The number of benzene rings is 3. The quantitative estimate of drug-likeness (QED) is 0.588. The van der Waals surface area contributed by atoms with Crippen LogP contribution in [-0.2, 0) is 10.0 Å². The Kier molecular flexibility index (Phi) is 6.05. The molecule has 32 heavy (non-hydrogen) atoms. The summed E-state index contributed by atoms with van der Waals surface area (Å²) in [5.74, 6) is 0.947. The van der Waals surface area contributed by atoms with E-state index in [-0.39, 0.29) is 22.4 Å². The van der Waals surface area contributed by atoms with Crippen LogP contribution in [0.15, 0.2) is 71.6 Å². The van der Waals surface area contributed by atoms with Crippen LogP contribution in [0.25, 0.3) is 0 Å². The molecule has 0 bridgehead atoms. The lowest BCUT2D eigenvalue weighted by Gasteiger charge is -2.21. The van der Waals surface area contributed by atoms with E-state index in [2.05, 4.69) is 10.0 Å². The number of nitrogens with one attached hydrogen (secondary N) is 2. The number of carbonyl (C=O) groups excluding carboxylic acids is 1. The highest BCUT2D eigenvalue weighted by Gasteiger charge is 2.19. The summed E-state index contributed by atoms with van der Waals surface area (Å²) >= 11 is 0. The Morgan fingerprint density at radius 2 is 1.66 bits per heavy atom. The smallest absolute Gasteiger partial charge is 0.261 e. The fraction of sp³-hybridized carbons (Fsp3) is 0.208. The Balaban J connectivity index is 1.48. The highest BCUT2D eigenvalue weighted by atomic mass is 32.2. The number of amides is 1. The van der Waals surface area contributed by atoms with Gasteiger partial charge in [-0.1, -0.05) is 29.8 Å². The van der Waals surface area contributed by atoms with Crippen molar-refractivity contribution >= 4 is 21.6 Å². The first-order valence-corrected chi connectivity index (χ1v) is 11.7. The summed E-state index contributed by atoms with van der Waals surface area (Å²) in [6, 6.07) is 18.2. The molecule has 1 atom stereocenters. The van der Waals surface area contributed by atoms with Gasteiger partial charge in [-0.3, -0.25) is 9.52 Å². The van der Waals surface area contributed by atoms with Gasteiger partial charge in [0.1, 0.15) is 13.2 Å². The van der Waals surface area contributed by atoms with Crippen molar-refractivity contribution in [3.63, 3.8) is 0 Å². The van der Waals surface area contributed by atoms with Crippen LogP contribution in [0.1, 0.15) is 34.5 Å². The van der Waals surface area contributed by atoms with Crippen molar-refractivity contribution in [2.75, 3.05) is 17.9 Å². The molecule has 0 unspecified atom stereocenters. The molecule has 0 saturated carbocycles. The summed E-state index contributed by atoms with van der Waals surface area (Å²) in [5, 5.41) is 2.90. The van der Waals surface area contributed by atoms with Crippen LogP contribution in [0.3, 0.4) is 0 Å². The van der Waals surface area contributed by atoms with Crippen LogP contribution in [0, 0.1) is 6.92 Å². The summed E-state index contributed by atoms with van der Waals surface area (Å²) in [5.41, 5.74) is 2.59. The van der Waals surface area contributed by atoms with Crippen molar-refractivity contribution in [1.29, 1.82) is 0 Å². The molecule has 0 aromatic heterocycles. The second kappa shape index (κ2) is 8.92. The predicted molar refractivity (Wildman–Crippen MR) is 122 cm³/mol. The van der Waals surface area contributed by atoms with E-state index in [1.807, 2.05) is 44.2 Å². The minimum Gasteiger partial charge on any atom is -0.486 e. The lowest BCUT2D eigenvalue weighted by molar-refractivity contribution is 0.0939. The normalized spacial score (nSPS) is 13.8. The van der Waals surface area contributed by atoms with Crippen molar-refractivity contribution < 1.29 is 22.7 Å². The third-order valence-corrected chi connectivity index (χ3v) is 6.50. The monoisotopic (exact) mass is 452 g/mol. The molecule has 3 aromatic carbocycles. The van der Waals surface area contributed by atoms with Crippen molar-refractivity contribution in [3.8, 4) is 11.5 Å². The summed E-state index contributed by atoms with van der Waals surface area (Å²) in [4.78, 5) is 12.8. The third-order valence-electron chi connectivity index (χ3n) is 5.12. The molecular formula is C24H24N2O5S. The van der Waals surface area contributed by atoms with Gasteiger partial charge in [0.25, 0.3) is 15.9 Å². The number of ether oxygens (including phenoxy) is 2. The average molecular weight is 453 g/mol. The molecule has 0 radical (unpaired) electrons. The summed E-state index contributed by atoms with van der Waals surface area (Å²) < 4.78 is 39.2. The number of fused-ring (bicyclic) bond motifs is 1. The summed E-state index contributed by atoms with van der Waals surface area (Å²) in [6.07, 6.45) is 0. The van der Waals surface area contributed by atoms with E-state index < -0.39 is 10.0 Å². The van der Waals surface area contributed by atoms with Crippen LogP contribution < -0.4 is 19.5 Å². The molecule has 1 aliphatic rings. The van der Waals surface area contributed by atoms with Crippen LogP contribution in [0.4, 0.5) is 5.69 Å². The Hall–Kier alpha value is -3.52. The molecule has 0 aliphatic carbocycles. The number of sulfonamides is 1. The molecule has 8 heteroatoms. The van der Waals surface area contributed by atoms with Crippen molar-refractivity contribution in [1.82, 2.24) is 5.32 Å². The maximum atomic E-state index is 12.8. The molecule has 0 spiro atoms. The fourth-order valence-electron chi connectivity index (χ4n) is 3.33. The second-order valence-corrected chi connectivity index (χ2v) is 9.28. The highest BCUT2D eigenvalue weighted by molar-refractivity contribution is 7.92. The lowest BCUT2D eigenvalue weighted by Crippen LogP contribution is -2.27. The van der Waals surface area contributed by atoms with E-state index in [0.717, 1.165) is 11.1 Å². The molecular weight excluding hydrogens is 428 g/mol. The lowest BCUT2D eigenvalue weighted by atomic mass is 10.1. The average Bonchev–Trinajstić information content (AvgIpc) is 2.80. The minimum atomic E-state index is -3.83. The van der Waals surface area contributed by atoms with Crippen LogP contribution in [-0.4, -0.2) is 27.5 Å². The van der Waals surface area contributed by atoms with Gasteiger partial charge in [0.2, 0.25) is 0 Å². The Labute approximate surface area is 187 Å². The zero-order valence-electron chi connectivity index (χ0n) is 17.8. The standard InChI is InChI=1S/C24H24N2O5S/c1-16-6-9-20(10-7-16)26-32(28,29)21-5-3-4-19(14-21)24(27)25-17(2)18-8-11-22-23(15-18)31-13-12-30-22/h3-11,14-15,17,26H,12-13H2,1-2H3,(H,25,27)/t17-/m0/s1. The van der Waals surface area contributed by atoms with Crippen molar-refractivity contribution in [3.05, 3.63) is 83.4 Å². The maximum Gasteiger partial charge on any atom is 0.261 e. The number of hydrogen-bond donors (Lipinski definition) is 2. The number of carbonyl (C=O) groups is 1. The molecule has 1 aliphatic heterocycles. The minimum absolute atomic E-state index is 0.0118. The van der Waals surface area contributed by atoms with E-state index in [1.165, 1.54) is 12.1 Å². The van der Waals surface area contributed by atoms with Gasteiger partial charge in [-0.05, 0) is 61.9 Å².